The van der Waals surface area contributed by atoms with Gasteiger partial charge in [0.25, 0.3) is 0 Å². The Morgan fingerprint density at radius 1 is 1.15 bits per heavy atom. The predicted octanol–water partition coefficient (Wildman–Crippen LogP) is 2.09. The van der Waals surface area contributed by atoms with Gasteiger partial charge in [-0.2, -0.15) is 0 Å². The molecule has 3 fully saturated rings. The van der Waals surface area contributed by atoms with Gasteiger partial charge in [-0.3, -0.25) is 9.69 Å². The van der Waals surface area contributed by atoms with Crippen molar-refractivity contribution < 1.29 is 9.53 Å². The van der Waals surface area contributed by atoms with Crippen molar-refractivity contribution in [1.29, 1.82) is 0 Å². The molecule has 1 aromatic heterocycles. The van der Waals surface area contributed by atoms with Crippen LogP contribution < -0.4 is 0 Å². The van der Waals surface area contributed by atoms with Gasteiger partial charge in [0.2, 0.25) is 5.91 Å². The molecular formula is C20H30N4O2. The third-order valence-electron chi connectivity index (χ3n) is 6.23. The smallest absolute Gasteiger partial charge is 0.230 e. The van der Waals surface area contributed by atoms with Crippen LogP contribution in [0.25, 0.3) is 0 Å². The predicted molar refractivity (Wildman–Crippen MR) is 98.6 cm³/mol. The zero-order valence-corrected chi connectivity index (χ0v) is 16.0. The van der Waals surface area contributed by atoms with E-state index in [-0.39, 0.29) is 5.41 Å². The van der Waals surface area contributed by atoms with Crippen LogP contribution in [0.2, 0.25) is 0 Å². The van der Waals surface area contributed by atoms with Crippen LogP contribution in [0.4, 0.5) is 0 Å². The molecule has 0 radical (unpaired) electrons. The summed E-state index contributed by atoms with van der Waals surface area (Å²) >= 11 is 0. The summed E-state index contributed by atoms with van der Waals surface area (Å²) < 4.78 is 5.49. The molecule has 142 valence electrons. The van der Waals surface area contributed by atoms with Gasteiger partial charge < -0.3 is 9.64 Å². The van der Waals surface area contributed by atoms with E-state index >= 15 is 0 Å². The van der Waals surface area contributed by atoms with Gasteiger partial charge in [0, 0.05) is 43.7 Å². The Kier molecular flexibility index (Phi) is 4.97. The minimum atomic E-state index is -0.185. The normalized spacial score (nSPS) is 28.2. The fourth-order valence-corrected chi connectivity index (χ4v) is 4.99. The van der Waals surface area contributed by atoms with E-state index in [1.807, 2.05) is 19.9 Å². The van der Waals surface area contributed by atoms with E-state index < -0.39 is 0 Å². The summed E-state index contributed by atoms with van der Waals surface area (Å²) in [5.74, 6) is 1.27. The van der Waals surface area contributed by atoms with Crippen molar-refractivity contribution in [1.82, 2.24) is 19.8 Å². The molecule has 0 saturated carbocycles. The number of ether oxygens (including phenoxy) is 1. The molecule has 1 amide bonds. The first-order chi connectivity index (χ1) is 12.6. The van der Waals surface area contributed by atoms with Gasteiger partial charge >= 0.3 is 0 Å². The number of aromatic nitrogens is 2. The topological polar surface area (TPSA) is 58.6 Å². The lowest BCUT2D eigenvalue weighted by Gasteiger charge is -2.44. The van der Waals surface area contributed by atoms with E-state index in [2.05, 4.69) is 19.8 Å². The van der Waals surface area contributed by atoms with Gasteiger partial charge in [-0.15, -0.1) is 0 Å². The molecule has 1 aromatic rings. The van der Waals surface area contributed by atoms with Gasteiger partial charge in [0.1, 0.15) is 5.82 Å². The average molecular weight is 358 g/mol. The molecule has 1 unspecified atom stereocenters. The molecule has 1 spiro atoms. The fraction of sp³-hybridized carbons (Fsp3) is 0.750. The molecule has 0 aromatic carbocycles. The SMILES string of the molecule is Cc1cc(C)nc(CN2CCC3(CCCN(C4CCOCC4)C3=O)C2)n1. The fourth-order valence-electron chi connectivity index (χ4n) is 4.99. The van der Waals surface area contributed by atoms with Gasteiger partial charge in [-0.05, 0) is 58.6 Å². The number of nitrogens with zero attached hydrogens (tertiary/aromatic N) is 4. The Morgan fingerprint density at radius 3 is 2.62 bits per heavy atom. The molecule has 0 N–H and O–H groups in total. The maximum atomic E-state index is 13.4. The molecule has 4 heterocycles. The number of rotatable bonds is 3. The molecule has 1 atom stereocenters. The molecule has 4 rings (SSSR count). The van der Waals surface area contributed by atoms with Crippen LogP contribution in [0.5, 0.6) is 0 Å². The van der Waals surface area contributed by atoms with Crippen LogP contribution in [0.15, 0.2) is 6.07 Å². The number of aryl methyl sites for hydroxylation is 2. The van der Waals surface area contributed by atoms with Crippen LogP contribution >= 0.6 is 0 Å². The number of carbonyl (C=O) groups is 1. The second kappa shape index (κ2) is 7.24. The molecule has 3 saturated heterocycles. The number of likely N-dealkylation sites (tertiary alicyclic amines) is 2. The van der Waals surface area contributed by atoms with Crippen LogP contribution in [0, 0.1) is 19.3 Å². The lowest BCUT2D eigenvalue weighted by molar-refractivity contribution is -0.150. The zero-order chi connectivity index (χ0) is 18.1. The van der Waals surface area contributed by atoms with E-state index in [9.17, 15) is 4.79 Å². The third kappa shape index (κ3) is 3.49. The summed E-state index contributed by atoms with van der Waals surface area (Å²) in [6.07, 6.45) is 5.09. The van der Waals surface area contributed by atoms with Gasteiger partial charge in [0.15, 0.2) is 0 Å². The maximum Gasteiger partial charge on any atom is 0.230 e. The first-order valence-corrected chi connectivity index (χ1v) is 9.98. The first kappa shape index (κ1) is 17.9. The minimum absolute atomic E-state index is 0.185. The van der Waals surface area contributed by atoms with Gasteiger partial charge in [-0.25, -0.2) is 9.97 Å². The highest BCUT2D eigenvalue weighted by Gasteiger charge is 2.49. The second-order valence-corrected chi connectivity index (χ2v) is 8.25. The van der Waals surface area contributed by atoms with Crippen molar-refractivity contribution in [3.05, 3.63) is 23.3 Å². The van der Waals surface area contributed by atoms with Gasteiger partial charge in [-0.1, -0.05) is 0 Å². The molecule has 0 aliphatic carbocycles. The highest BCUT2D eigenvalue weighted by molar-refractivity contribution is 5.84. The molecule has 26 heavy (non-hydrogen) atoms. The summed E-state index contributed by atoms with van der Waals surface area (Å²) in [7, 11) is 0. The Labute approximate surface area is 155 Å². The monoisotopic (exact) mass is 358 g/mol. The summed E-state index contributed by atoms with van der Waals surface area (Å²) in [4.78, 5) is 27.1. The van der Waals surface area contributed by atoms with Crippen molar-refractivity contribution in [3.63, 3.8) is 0 Å². The molecule has 0 bridgehead atoms. The Bertz CT molecular complexity index is 654. The lowest BCUT2D eigenvalue weighted by Crippen LogP contribution is -2.54. The summed E-state index contributed by atoms with van der Waals surface area (Å²) in [6, 6.07) is 2.39. The van der Waals surface area contributed by atoms with Crippen molar-refractivity contribution in [2.24, 2.45) is 5.41 Å². The number of hydrogen-bond donors (Lipinski definition) is 0. The van der Waals surface area contributed by atoms with E-state index in [0.29, 0.717) is 11.9 Å². The van der Waals surface area contributed by atoms with Crippen LogP contribution in [0.3, 0.4) is 0 Å². The molecule has 6 heteroatoms. The zero-order valence-electron chi connectivity index (χ0n) is 16.0. The summed E-state index contributed by atoms with van der Waals surface area (Å²) in [5, 5.41) is 0. The maximum absolute atomic E-state index is 13.4. The molecule has 3 aliphatic rings. The Balaban J connectivity index is 1.44. The largest absolute Gasteiger partial charge is 0.381 e. The van der Waals surface area contributed by atoms with Crippen molar-refractivity contribution >= 4 is 5.91 Å². The van der Waals surface area contributed by atoms with E-state index in [0.717, 1.165) is 88.7 Å². The molecular weight excluding hydrogens is 328 g/mol. The standard InChI is InChI=1S/C20H30N4O2/c1-15-12-16(2)22-18(21-15)13-23-9-7-20(14-23)6-3-8-24(19(20)25)17-4-10-26-11-5-17/h12,17H,3-11,13-14H2,1-2H3. The highest BCUT2D eigenvalue weighted by atomic mass is 16.5. The number of carbonyl (C=O) groups excluding carboxylic acids is 1. The quantitative estimate of drug-likeness (QED) is 0.828. The number of amides is 1. The van der Waals surface area contributed by atoms with Gasteiger partial charge in [0.05, 0.1) is 12.0 Å². The van der Waals surface area contributed by atoms with Crippen LogP contribution in [0.1, 0.15) is 49.3 Å². The Morgan fingerprint density at radius 2 is 1.88 bits per heavy atom. The summed E-state index contributed by atoms with van der Waals surface area (Å²) in [5.41, 5.74) is 1.84. The second-order valence-electron chi connectivity index (χ2n) is 8.25. The molecule has 3 aliphatic heterocycles. The highest BCUT2D eigenvalue weighted by Crippen LogP contribution is 2.41. The summed E-state index contributed by atoms with van der Waals surface area (Å²) in [6.45, 7) is 9.08. The van der Waals surface area contributed by atoms with Crippen molar-refractivity contribution in [2.75, 3.05) is 32.8 Å². The van der Waals surface area contributed by atoms with Crippen LogP contribution in [-0.4, -0.2) is 64.6 Å². The molecule has 6 nitrogen and oxygen atoms in total. The van der Waals surface area contributed by atoms with E-state index in [1.165, 1.54) is 0 Å². The van der Waals surface area contributed by atoms with Crippen LogP contribution in [-0.2, 0) is 16.1 Å². The Hall–Kier alpha value is -1.53. The minimum Gasteiger partial charge on any atom is -0.381 e. The number of hydrogen-bond acceptors (Lipinski definition) is 5. The average Bonchev–Trinajstić information content (AvgIpc) is 3.01. The van der Waals surface area contributed by atoms with Crippen molar-refractivity contribution in [3.8, 4) is 0 Å². The lowest BCUT2D eigenvalue weighted by atomic mass is 9.77. The third-order valence-corrected chi connectivity index (χ3v) is 6.23. The number of piperidine rings is 1. The van der Waals surface area contributed by atoms with Crippen molar-refractivity contribution in [2.45, 2.75) is 58.5 Å². The first-order valence-electron chi connectivity index (χ1n) is 9.98. The van der Waals surface area contributed by atoms with E-state index in [4.69, 9.17) is 4.74 Å². The van der Waals surface area contributed by atoms with E-state index in [1.54, 1.807) is 0 Å².